The quantitative estimate of drug-likeness (QED) is 0.636. The zero-order valence-electron chi connectivity index (χ0n) is 10.9. The Hall–Kier alpha value is -0.870. The number of nitrogens with zero attached hydrogens (tertiary/aromatic N) is 2. The number of aliphatic carboxylic acids is 1. The summed E-state index contributed by atoms with van der Waals surface area (Å²) in [6.07, 6.45) is 2.40. The Morgan fingerprint density at radius 2 is 1.94 bits per heavy atom. The smallest absolute Gasteiger partial charge is 0.328 e. The predicted octanol–water partition coefficient (Wildman–Crippen LogP) is 1.29. The number of hydrogen-bond acceptors (Lipinski definition) is 3. The fourth-order valence-corrected chi connectivity index (χ4v) is 1.57. The molecule has 0 rings (SSSR count). The van der Waals surface area contributed by atoms with Gasteiger partial charge in [-0.05, 0) is 47.1 Å². The zero-order chi connectivity index (χ0) is 12.6. The summed E-state index contributed by atoms with van der Waals surface area (Å²) >= 11 is 0. The molecule has 16 heavy (non-hydrogen) atoms. The molecule has 0 aromatic rings. The Kier molecular flexibility index (Phi) is 7.85. The molecule has 0 atom stereocenters. The molecule has 4 heteroatoms. The van der Waals surface area contributed by atoms with Crippen LogP contribution in [0.4, 0.5) is 0 Å². The summed E-state index contributed by atoms with van der Waals surface area (Å²) in [4.78, 5) is 14.9. The maximum absolute atomic E-state index is 10.5. The van der Waals surface area contributed by atoms with Crippen molar-refractivity contribution in [3.63, 3.8) is 0 Å². The van der Waals surface area contributed by atoms with Crippen molar-refractivity contribution in [2.75, 3.05) is 40.3 Å². The van der Waals surface area contributed by atoms with Gasteiger partial charge in [0.2, 0.25) is 0 Å². The average Bonchev–Trinajstić information content (AvgIpc) is 2.14. The van der Waals surface area contributed by atoms with Gasteiger partial charge in [-0.3, -0.25) is 4.90 Å². The Morgan fingerprint density at radius 3 is 2.38 bits per heavy atom. The standard InChI is InChI=1S/C12H24N2O2/c1-5-14(8-6-7-13(3)4)10-11(2)9-12(15)16/h9H,5-8,10H2,1-4H3,(H,15,16). The Bertz CT molecular complexity index is 237. The molecule has 0 bridgehead atoms. The highest BCUT2D eigenvalue weighted by Crippen LogP contribution is 2.00. The highest BCUT2D eigenvalue weighted by molar-refractivity contribution is 5.80. The summed E-state index contributed by atoms with van der Waals surface area (Å²) in [7, 11) is 4.12. The summed E-state index contributed by atoms with van der Waals surface area (Å²) in [5, 5.41) is 8.62. The number of carboxylic acids is 1. The number of likely N-dealkylation sites (N-methyl/N-ethyl adjacent to an activating group) is 1. The molecule has 0 aliphatic heterocycles. The fourth-order valence-electron chi connectivity index (χ4n) is 1.57. The van der Waals surface area contributed by atoms with Gasteiger partial charge in [0.15, 0.2) is 0 Å². The van der Waals surface area contributed by atoms with E-state index in [9.17, 15) is 4.79 Å². The highest BCUT2D eigenvalue weighted by atomic mass is 16.4. The first kappa shape index (κ1) is 15.1. The van der Waals surface area contributed by atoms with Crippen molar-refractivity contribution < 1.29 is 9.90 Å². The largest absolute Gasteiger partial charge is 0.478 e. The molecule has 0 heterocycles. The van der Waals surface area contributed by atoms with E-state index in [1.807, 2.05) is 6.92 Å². The molecular formula is C12H24N2O2. The van der Waals surface area contributed by atoms with Crippen LogP contribution < -0.4 is 0 Å². The van der Waals surface area contributed by atoms with Crippen LogP contribution in [-0.4, -0.2) is 61.2 Å². The Morgan fingerprint density at radius 1 is 1.31 bits per heavy atom. The van der Waals surface area contributed by atoms with E-state index < -0.39 is 5.97 Å². The van der Waals surface area contributed by atoms with Crippen molar-refractivity contribution in [1.29, 1.82) is 0 Å². The van der Waals surface area contributed by atoms with Gasteiger partial charge in [-0.2, -0.15) is 0 Å². The van der Waals surface area contributed by atoms with E-state index in [2.05, 4.69) is 30.8 Å². The summed E-state index contributed by atoms with van der Waals surface area (Å²) in [6.45, 7) is 7.75. The van der Waals surface area contributed by atoms with Gasteiger partial charge in [0.1, 0.15) is 0 Å². The molecule has 0 fully saturated rings. The minimum absolute atomic E-state index is 0.746. The van der Waals surface area contributed by atoms with Crippen LogP contribution in [-0.2, 0) is 4.79 Å². The normalized spacial score (nSPS) is 12.5. The summed E-state index contributed by atoms with van der Waals surface area (Å²) in [5.74, 6) is -0.859. The van der Waals surface area contributed by atoms with Gasteiger partial charge in [0.25, 0.3) is 0 Å². The minimum atomic E-state index is -0.859. The van der Waals surface area contributed by atoms with Gasteiger partial charge < -0.3 is 10.0 Å². The first-order valence-corrected chi connectivity index (χ1v) is 5.73. The van der Waals surface area contributed by atoms with Gasteiger partial charge in [-0.1, -0.05) is 12.5 Å². The third kappa shape index (κ3) is 8.44. The molecule has 0 aromatic carbocycles. The van der Waals surface area contributed by atoms with Gasteiger partial charge in [-0.15, -0.1) is 0 Å². The SMILES string of the molecule is CCN(CCCN(C)C)CC(C)=CC(=O)O. The topological polar surface area (TPSA) is 43.8 Å². The van der Waals surface area contributed by atoms with Gasteiger partial charge >= 0.3 is 5.97 Å². The molecule has 0 aliphatic rings. The van der Waals surface area contributed by atoms with E-state index >= 15 is 0 Å². The maximum atomic E-state index is 10.5. The lowest BCUT2D eigenvalue weighted by Crippen LogP contribution is -2.28. The molecule has 0 saturated carbocycles. The molecule has 1 N–H and O–H groups in total. The number of rotatable bonds is 8. The van der Waals surface area contributed by atoms with E-state index in [1.54, 1.807) is 0 Å². The third-order valence-electron chi connectivity index (χ3n) is 2.37. The van der Waals surface area contributed by atoms with Crippen LogP contribution in [0.5, 0.6) is 0 Å². The molecule has 0 aromatic heterocycles. The molecule has 4 nitrogen and oxygen atoms in total. The van der Waals surface area contributed by atoms with Crippen LogP contribution in [0, 0.1) is 0 Å². The summed E-state index contributed by atoms with van der Waals surface area (Å²) in [5.41, 5.74) is 0.902. The Labute approximate surface area is 98.5 Å². The molecular weight excluding hydrogens is 204 g/mol. The lowest BCUT2D eigenvalue weighted by atomic mass is 10.2. The number of carboxylic acid groups (broad SMARTS) is 1. The molecule has 0 radical (unpaired) electrons. The van der Waals surface area contributed by atoms with Crippen LogP contribution in [0.1, 0.15) is 20.3 Å². The van der Waals surface area contributed by atoms with Crippen LogP contribution in [0.2, 0.25) is 0 Å². The number of hydrogen-bond donors (Lipinski definition) is 1. The van der Waals surface area contributed by atoms with Crippen molar-refractivity contribution >= 4 is 5.97 Å². The molecule has 0 saturated heterocycles. The van der Waals surface area contributed by atoms with Crippen molar-refractivity contribution in [2.45, 2.75) is 20.3 Å². The second-order valence-corrected chi connectivity index (χ2v) is 4.35. The summed E-state index contributed by atoms with van der Waals surface area (Å²) < 4.78 is 0. The second-order valence-electron chi connectivity index (χ2n) is 4.35. The van der Waals surface area contributed by atoms with Crippen LogP contribution in [0.15, 0.2) is 11.6 Å². The van der Waals surface area contributed by atoms with Crippen molar-refractivity contribution in [3.8, 4) is 0 Å². The lowest BCUT2D eigenvalue weighted by Gasteiger charge is -2.21. The van der Waals surface area contributed by atoms with E-state index in [-0.39, 0.29) is 0 Å². The van der Waals surface area contributed by atoms with Crippen molar-refractivity contribution in [2.24, 2.45) is 0 Å². The first-order valence-electron chi connectivity index (χ1n) is 5.73. The minimum Gasteiger partial charge on any atom is -0.478 e. The van der Waals surface area contributed by atoms with Crippen LogP contribution in [0.25, 0.3) is 0 Å². The molecule has 0 unspecified atom stereocenters. The highest BCUT2D eigenvalue weighted by Gasteiger charge is 2.04. The molecule has 0 spiro atoms. The van der Waals surface area contributed by atoms with E-state index in [1.165, 1.54) is 6.08 Å². The molecule has 0 aliphatic carbocycles. The summed E-state index contributed by atoms with van der Waals surface area (Å²) in [6, 6.07) is 0. The molecule has 94 valence electrons. The fraction of sp³-hybridized carbons (Fsp3) is 0.750. The predicted molar refractivity (Wildman–Crippen MR) is 66.7 cm³/mol. The van der Waals surface area contributed by atoms with Crippen LogP contribution >= 0.6 is 0 Å². The van der Waals surface area contributed by atoms with Crippen molar-refractivity contribution in [1.82, 2.24) is 9.80 Å². The van der Waals surface area contributed by atoms with Crippen molar-refractivity contribution in [3.05, 3.63) is 11.6 Å². The number of carbonyl (C=O) groups is 1. The first-order chi connectivity index (χ1) is 7.45. The van der Waals surface area contributed by atoms with E-state index in [0.29, 0.717) is 0 Å². The monoisotopic (exact) mass is 228 g/mol. The zero-order valence-corrected chi connectivity index (χ0v) is 10.9. The second kappa shape index (κ2) is 8.30. The van der Waals surface area contributed by atoms with Gasteiger partial charge in [0, 0.05) is 12.6 Å². The van der Waals surface area contributed by atoms with E-state index in [0.717, 1.165) is 38.2 Å². The third-order valence-corrected chi connectivity index (χ3v) is 2.37. The lowest BCUT2D eigenvalue weighted by molar-refractivity contribution is -0.131. The average molecular weight is 228 g/mol. The van der Waals surface area contributed by atoms with Crippen LogP contribution in [0.3, 0.4) is 0 Å². The Balaban J connectivity index is 3.95. The van der Waals surface area contributed by atoms with Gasteiger partial charge in [-0.25, -0.2) is 4.79 Å². The van der Waals surface area contributed by atoms with E-state index in [4.69, 9.17) is 5.11 Å². The maximum Gasteiger partial charge on any atom is 0.328 e. The van der Waals surface area contributed by atoms with Gasteiger partial charge in [0.05, 0.1) is 0 Å². The molecule has 0 amide bonds.